The van der Waals surface area contributed by atoms with Gasteiger partial charge in [0.05, 0.1) is 5.41 Å². The molecule has 0 spiro atoms. The first-order valence-corrected chi connectivity index (χ1v) is 4.67. The molecule has 0 aliphatic rings. The Balaban J connectivity index is 4.67. The van der Waals surface area contributed by atoms with E-state index in [2.05, 4.69) is 15.9 Å². The SMILES string of the molecule is CC(C)(CBr)C(C)(C)C(=O)O. The van der Waals surface area contributed by atoms with Gasteiger partial charge in [-0.2, -0.15) is 0 Å². The van der Waals surface area contributed by atoms with Crippen molar-refractivity contribution < 1.29 is 9.90 Å². The Labute approximate surface area is 76.1 Å². The van der Waals surface area contributed by atoms with Crippen molar-refractivity contribution in [2.45, 2.75) is 27.7 Å². The topological polar surface area (TPSA) is 37.3 Å². The summed E-state index contributed by atoms with van der Waals surface area (Å²) in [6.07, 6.45) is 0. The summed E-state index contributed by atoms with van der Waals surface area (Å²) in [7, 11) is 0. The van der Waals surface area contributed by atoms with Crippen LogP contribution in [0, 0.1) is 10.8 Å². The molecule has 0 aliphatic heterocycles. The molecule has 2 nitrogen and oxygen atoms in total. The standard InChI is InChI=1S/C8H15BrO2/c1-7(2,5-9)8(3,4)6(10)11/h5H2,1-4H3,(H,10,11). The van der Waals surface area contributed by atoms with Crippen molar-refractivity contribution in [1.82, 2.24) is 0 Å². The summed E-state index contributed by atoms with van der Waals surface area (Å²) in [5, 5.41) is 9.58. The van der Waals surface area contributed by atoms with Gasteiger partial charge in [0, 0.05) is 5.33 Å². The number of hydrogen-bond donors (Lipinski definition) is 1. The quantitative estimate of drug-likeness (QED) is 0.746. The minimum Gasteiger partial charge on any atom is -0.481 e. The number of carboxylic acids is 1. The Kier molecular flexibility index (Phi) is 3.12. The molecule has 11 heavy (non-hydrogen) atoms. The number of hydrogen-bond acceptors (Lipinski definition) is 1. The van der Waals surface area contributed by atoms with E-state index in [1.54, 1.807) is 13.8 Å². The monoisotopic (exact) mass is 222 g/mol. The summed E-state index contributed by atoms with van der Waals surface area (Å²) in [6, 6.07) is 0. The fourth-order valence-electron chi connectivity index (χ4n) is 0.457. The molecule has 0 heterocycles. The van der Waals surface area contributed by atoms with Crippen LogP contribution in [-0.2, 0) is 4.79 Å². The second-order valence-corrected chi connectivity index (χ2v) is 4.51. The molecule has 0 amide bonds. The molecule has 0 saturated carbocycles. The maximum absolute atomic E-state index is 10.8. The van der Waals surface area contributed by atoms with Crippen LogP contribution in [0.1, 0.15) is 27.7 Å². The highest BCUT2D eigenvalue weighted by molar-refractivity contribution is 9.09. The number of carboxylic acid groups (broad SMARTS) is 1. The van der Waals surface area contributed by atoms with Crippen LogP contribution in [0.25, 0.3) is 0 Å². The Morgan fingerprint density at radius 3 is 1.82 bits per heavy atom. The van der Waals surface area contributed by atoms with E-state index in [9.17, 15) is 4.79 Å². The van der Waals surface area contributed by atoms with Crippen molar-refractivity contribution in [3.63, 3.8) is 0 Å². The first-order chi connectivity index (χ1) is 4.75. The van der Waals surface area contributed by atoms with Crippen LogP contribution < -0.4 is 0 Å². The first-order valence-electron chi connectivity index (χ1n) is 3.55. The van der Waals surface area contributed by atoms with Crippen molar-refractivity contribution in [1.29, 1.82) is 0 Å². The van der Waals surface area contributed by atoms with Gasteiger partial charge in [-0.1, -0.05) is 29.8 Å². The maximum atomic E-state index is 10.8. The van der Waals surface area contributed by atoms with Crippen LogP contribution in [0.3, 0.4) is 0 Å². The van der Waals surface area contributed by atoms with Crippen LogP contribution >= 0.6 is 15.9 Å². The van der Waals surface area contributed by atoms with E-state index in [-0.39, 0.29) is 5.41 Å². The molecule has 0 rings (SSSR count). The zero-order valence-corrected chi connectivity index (χ0v) is 9.03. The number of carbonyl (C=O) groups is 1. The Morgan fingerprint density at radius 2 is 1.73 bits per heavy atom. The van der Waals surface area contributed by atoms with Gasteiger partial charge in [-0.25, -0.2) is 0 Å². The normalized spacial score (nSPS) is 13.2. The van der Waals surface area contributed by atoms with Crippen LogP contribution in [0.5, 0.6) is 0 Å². The summed E-state index contributed by atoms with van der Waals surface area (Å²) >= 11 is 3.31. The van der Waals surface area contributed by atoms with Gasteiger partial charge in [-0.05, 0) is 19.3 Å². The highest BCUT2D eigenvalue weighted by atomic mass is 79.9. The van der Waals surface area contributed by atoms with Gasteiger partial charge >= 0.3 is 5.97 Å². The van der Waals surface area contributed by atoms with Gasteiger partial charge in [-0.15, -0.1) is 0 Å². The lowest BCUT2D eigenvalue weighted by atomic mass is 9.69. The third-order valence-corrected chi connectivity index (χ3v) is 3.96. The minimum atomic E-state index is -0.748. The molecule has 0 atom stereocenters. The fraction of sp³-hybridized carbons (Fsp3) is 0.875. The molecular formula is C8H15BrO2. The van der Waals surface area contributed by atoms with E-state index in [0.717, 1.165) is 0 Å². The van der Waals surface area contributed by atoms with E-state index in [1.165, 1.54) is 0 Å². The first kappa shape index (κ1) is 11.0. The lowest BCUT2D eigenvalue weighted by Gasteiger charge is -2.36. The largest absolute Gasteiger partial charge is 0.481 e. The molecule has 0 unspecified atom stereocenters. The molecule has 0 aromatic rings. The van der Waals surface area contributed by atoms with Gasteiger partial charge < -0.3 is 5.11 Å². The summed E-state index contributed by atoms with van der Waals surface area (Å²) in [5.74, 6) is -0.748. The summed E-state index contributed by atoms with van der Waals surface area (Å²) < 4.78 is 0. The summed E-state index contributed by atoms with van der Waals surface area (Å²) in [5.41, 5.74) is -0.907. The Hall–Kier alpha value is -0.0500. The second-order valence-electron chi connectivity index (χ2n) is 3.95. The van der Waals surface area contributed by atoms with Crippen LogP contribution in [0.15, 0.2) is 0 Å². The highest BCUT2D eigenvalue weighted by Crippen LogP contribution is 2.39. The minimum absolute atomic E-state index is 0.223. The average Bonchev–Trinajstić information content (AvgIpc) is 1.87. The molecule has 0 radical (unpaired) electrons. The molecule has 66 valence electrons. The molecule has 0 aromatic heterocycles. The van der Waals surface area contributed by atoms with Gasteiger partial charge in [0.25, 0.3) is 0 Å². The maximum Gasteiger partial charge on any atom is 0.309 e. The van der Waals surface area contributed by atoms with E-state index in [1.807, 2.05) is 13.8 Å². The van der Waals surface area contributed by atoms with Crippen LogP contribution in [0.2, 0.25) is 0 Å². The zero-order valence-electron chi connectivity index (χ0n) is 7.44. The zero-order chi connectivity index (χ0) is 9.28. The molecule has 0 saturated heterocycles. The van der Waals surface area contributed by atoms with Gasteiger partial charge in [0.2, 0.25) is 0 Å². The van der Waals surface area contributed by atoms with Crippen molar-refractivity contribution >= 4 is 21.9 Å². The molecule has 0 fully saturated rings. The highest BCUT2D eigenvalue weighted by Gasteiger charge is 2.42. The predicted octanol–water partition coefficient (Wildman–Crippen LogP) is 2.52. The lowest BCUT2D eigenvalue weighted by Crippen LogP contribution is -2.40. The number of aliphatic carboxylic acids is 1. The van der Waals surface area contributed by atoms with E-state index in [4.69, 9.17) is 5.11 Å². The van der Waals surface area contributed by atoms with Gasteiger partial charge in [0.15, 0.2) is 0 Å². The van der Waals surface area contributed by atoms with E-state index < -0.39 is 11.4 Å². The third-order valence-electron chi connectivity index (χ3n) is 2.56. The van der Waals surface area contributed by atoms with Crippen molar-refractivity contribution in [3.05, 3.63) is 0 Å². The van der Waals surface area contributed by atoms with E-state index in [0.29, 0.717) is 5.33 Å². The molecule has 0 bridgehead atoms. The summed E-state index contributed by atoms with van der Waals surface area (Å²) in [4.78, 5) is 10.8. The van der Waals surface area contributed by atoms with Crippen molar-refractivity contribution in [2.24, 2.45) is 10.8 Å². The van der Waals surface area contributed by atoms with Crippen molar-refractivity contribution in [3.8, 4) is 0 Å². The summed E-state index contributed by atoms with van der Waals surface area (Å²) in [6.45, 7) is 7.37. The smallest absolute Gasteiger partial charge is 0.309 e. The average molecular weight is 223 g/mol. The van der Waals surface area contributed by atoms with Gasteiger partial charge in [0.1, 0.15) is 0 Å². The number of rotatable bonds is 3. The molecular weight excluding hydrogens is 208 g/mol. The molecule has 1 N–H and O–H groups in total. The number of halogens is 1. The Morgan fingerprint density at radius 1 is 1.36 bits per heavy atom. The third kappa shape index (κ3) is 1.95. The van der Waals surface area contributed by atoms with Gasteiger partial charge in [-0.3, -0.25) is 4.79 Å². The van der Waals surface area contributed by atoms with Crippen LogP contribution in [0.4, 0.5) is 0 Å². The molecule has 0 aromatic carbocycles. The molecule has 3 heteroatoms. The molecule has 0 aliphatic carbocycles. The second kappa shape index (κ2) is 3.13. The van der Waals surface area contributed by atoms with E-state index >= 15 is 0 Å². The lowest BCUT2D eigenvalue weighted by molar-refractivity contribution is -0.152. The number of alkyl halides is 1. The van der Waals surface area contributed by atoms with Crippen LogP contribution in [-0.4, -0.2) is 16.4 Å². The van der Waals surface area contributed by atoms with Crippen molar-refractivity contribution in [2.75, 3.05) is 5.33 Å². The predicted molar refractivity (Wildman–Crippen MR) is 49.0 cm³/mol. The fourth-order valence-corrected chi connectivity index (χ4v) is 1.16. The Bertz CT molecular complexity index is 161.